The van der Waals surface area contributed by atoms with E-state index in [2.05, 4.69) is 25.6 Å². The number of anilines is 4. The fraction of sp³-hybridized carbons (Fsp3) is 0.0833. The first kappa shape index (κ1) is 26.1. The maximum absolute atomic E-state index is 6.17. The van der Waals surface area contributed by atoms with Crippen molar-refractivity contribution in [2.45, 2.75) is 16.4 Å². The van der Waals surface area contributed by atoms with Gasteiger partial charge < -0.3 is 15.4 Å². The Bertz CT molecular complexity index is 1530. The second-order valence-electron chi connectivity index (χ2n) is 7.42. The molecule has 0 fully saturated rings. The van der Waals surface area contributed by atoms with Crippen LogP contribution < -0.4 is 15.4 Å². The third-order valence-electron chi connectivity index (χ3n) is 4.80. The van der Waals surface area contributed by atoms with Gasteiger partial charge >= 0.3 is 0 Å². The van der Waals surface area contributed by atoms with E-state index in [-0.39, 0.29) is 0 Å². The Hall–Kier alpha value is -2.53. The Labute approximate surface area is 240 Å². The Morgan fingerprint density at radius 3 is 1.95 bits per heavy atom. The topological polar surface area (TPSA) is 84.9 Å². The molecule has 188 valence electrons. The van der Waals surface area contributed by atoms with Gasteiger partial charge in [-0.15, -0.1) is 11.3 Å². The zero-order valence-corrected chi connectivity index (χ0v) is 23.6. The summed E-state index contributed by atoms with van der Waals surface area (Å²) in [5.74, 6) is 1.41. The minimum Gasteiger partial charge on any atom is -0.494 e. The molecule has 7 nitrogen and oxygen atoms in total. The molecule has 0 atom stereocenters. The van der Waals surface area contributed by atoms with Crippen molar-refractivity contribution in [3.05, 3.63) is 74.7 Å². The van der Waals surface area contributed by atoms with Crippen LogP contribution in [-0.4, -0.2) is 26.5 Å². The lowest BCUT2D eigenvalue weighted by Gasteiger charge is -2.11. The molecule has 3 aromatic carbocycles. The fourth-order valence-electron chi connectivity index (χ4n) is 3.18. The Balaban J connectivity index is 1.47. The molecule has 0 unspecified atom stereocenters. The number of hydrogen-bond acceptors (Lipinski definition) is 9. The minimum atomic E-state index is 0.304. The molecule has 2 N–H and O–H groups in total. The van der Waals surface area contributed by atoms with E-state index in [0.717, 1.165) is 20.3 Å². The van der Waals surface area contributed by atoms with Gasteiger partial charge in [0, 0.05) is 11.4 Å². The van der Waals surface area contributed by atoms with Crippen molar-refractivity contribution in [3.63, 3.8) is 0 Å². The lowest BCUT2D eigenvalue weighted by atomic mass is 10.3. The van der Waals surface area contributed by atoms with Gasteiger partial charge in [-0.25, -0.2) is 4.98 Å². The molecule has 5 aromatic rings. The van der Waals surface area contributed by atoms with Crippen molar-refractivity contribution in [1.82, 2.24) is 19.9 Å². The van der Waals surface area contributed by atoms with Gasteiger partial charge in [-0.05, 0) is 73.3 Å². The molecule has 0 radical (unpaired) electrons. The predicted molar refractivity (Wildman–Crippen MR) is 154 cm³/mol. The molecule has 37 heavy (non-hydrogen) atoms. The number of fused-ring (bicyclic) bond motifs is 1. The molecule has 13 heteroatoms. The molecule has 2 heterocycles. The van der Waals surface area contributed by atoms with Crippen LogP contribution in [0.5, 0.6) is 5.75 Å². The van der Waals surface area contributed by atoms with Crippen LogP contribution in [0.1, 0.15) is 6.92 Å². The van der Waals surface area contributed by atoms with Gasteiger partial charge in [-0.1, -0.05) is 46.4 Å². The molecule has 0 amide bonds. The van der Waals surface area contributed by atoms with Gasteiger partial charge in [0.1, 0.15) is 5.75 Å². The minimum absolute atomic E-state index is 0.304. The predicted octanol–water partition coefficient (Wildman–Crippen LogP) is 9.13. The van der Waals surface area contributed by atoms with Crippen molar-refractivity contribution in [2.24, 2.45) is 0 Å². The van der Waals surface area contributed by atoms with Crippen LogP contribution in [0.25, 0.3) is 10.2 Å². The van der Waals surface area contributed by atoms with Crippen LogP contribution in [0.3, 0.4) is 0 Å². The lowest BCUT2D eigenvalue weighted by molar-refractivity contribution is 0.341. The molecule has 0 aliphatic heterocycles. The van der Waals surface area contributed by atoms with Gasteiger partial charge in [0.15, 0.2) is 4.34 Å². The second kappa shape index (κ2) is 11.5. The van der Waals surface area contributed by atoms with Gasteiger partial charge in [0.2, 0.25) is 17.1 Å². The highest BCUT2D eigenvalue weighted by Crippen LogP contribution is 2.36. The highest BCUT2D eigenvalue weighted by Gasteiger charge is 2.14. The molecular weight excluding hydrogens is 594 g/mol. The third kappa shape index (κ3) is 6.49. The molecule has 0 saturated heterocycles. The Kier molecular flexibility index (Phi) is 8.09. The fourth-order valence-corrected chi connectivity index (χ4v) is 5.73. The molecule has 0 aliphatic carbocycles. The molecule has 0 spiro atoms. The first-order valence-corrected chi connectivity index (χ1v) is 13.9. The highest BCUT2D eigenvalue weighted by atomic mass is 35.5. The van der Waals surface area contributed by atoms with Gasteiger partial charge in [-0.2, -0.15) is 15.0 Å². The van der Waals surface area contributed by atoms with Crippen LogP contribution in [-0.2, 0) is 0 Å². The molecule has 0 aliphatic rings. The van der Waals surface area contributed by atoms with Crippen molar-refractivity contribution >= 4 is 103 Å². The van der Waals surface area contributed by atoms with Crippen molar-refractivity contribution in [1.29, 1.82) is 0 Å². The van der Waals surface area contributed by atoms with Crippen molar-refractivity contribution < 1.29 is 4.74 Å². The van der Waals surface area contributed by atoms with Crippen LogP contribution in [0, 0.1) is 0 Å². The largest absolute Gasteiger partial charge is 0.494 e. The number of benzene rings is 3. The third-order valence-corrected chi connectivity index (χ3v) is 8.22. The summed E-state index contributed by atoms with van der Waals surface area (Å²) in [6.07, 6.45) is 0. The Morgan fingerprint density at radius 1 is 0.757 bits per heavy atom. The van der Waals surface area contributed by atoms with Crippen LogP contribution in [0.2, 0.25) is 20.1 Å². The number of rotatable bonds is 8. The summed E-state index contributed by atoms with van der Waals surface area (Å²) in [4.78, 5) is 18.4. The number of aromatic nitrogens is 4. The summed E-state index contributed by atoms with van der Waals surface area (Å²) in [6, 6.07) is 16.1. The lowest BCUT2D eigenvalue weighted by Crippen LogP contribution is -2.05. The van der Waals surface area contributed by atoms with E-state index in [1.807, 2.05) is 25.1 Å². The van der Waals surface area contributed by atoms with Gasteiger partial charge in [-0.3, -0.25) is 0 Å². The Morgan fingerprint density at radius 2 is 1.38 bits per heavy atom. The summed E-state index contributed by atoms with van der Waals surface area (Å²) in [7, 11) is 0. The number of halogens is 4. The number of thiazole rings is 1. The van der Waals surface area contributed by atoms with E-state index in [1.54, 1.807) is 36.4 Å². The highest BCUT2D eigenvalue weighted by molar-refractivity contribution is 8.01. The standard InChI is InChI=1S/C24H16Cl4N6OS2/c1-2-35-14-5-8-19-20(11-14)36-24(31-19)37-23-33-21(29-12-3-6-15(25)17(27)9-12)32-22(34-23)30-13-4-7-16(26)18(28)10-13/h3-11H,2H2,1H3,(H2,29,30,32,33,34). The number of nitrogens with one attached hydrogen (secondary N) is 2. The summed E-state index contributed by atoms with van der Waals surface area (Å²) in [5.41, 5.74) is 2.20. The summed E-state index contributed by atoms with van der Waals surface area (Å²) < 4.78 is 7.38. The first-order chi connectivity index (χ1) is 17.9. The average molecular weight is 610 g/mol. The van der Waals surface area contributed by atoms with E-state index in [1.165, 1.54) is 23.1 Å². The number of ether oxygens (including phenoxy) is 1. The first-order valence-electron chi connectivity index (χ1n) is 10.8. The van der Waals surface area contributed by atoms with Crippen LogP contribution in [0.15, 0.2) is 64.1 Å². The van der Waals surface area contributed by atoms with E-state index in [4.69, 9.17) is 56.1 Å². The van der Waals surface area contributed by atoms with Crippen molar-refractivity contribution in [2.75, 3.05) is 17.2 Å². The van der Waals surface area contributed by atoms with Crippen LogP contribution in [0.4, 0.5) is 23.3 Å². The van der Waals surface area contributed by atoms with Crippen LogP contribution >= 0.6 is 69.5 Å². The summed E-state index contributed by atoms with van der Waals surface area (Å²) >= 11 is 27.3. The molecule has 5 rings (SSSR count). The second-order valence-corrected chi connectivity index (χ2v) is 11.3. The maximum Gasteiger partial charge on any atom is 0.233 e. The SMILES string of the molecule is CCOc1ccc2nc(Sc3nc(Nc4ccc(Cl)c(Cl)c4)nc(Nc4ccc(Cl)c(Cl)c4)n3)sc2c1. The number of nitrogens with zero attached hydrogens (tertiary/aromatic N) is 4. The molecule has 0 saturated carbocycles. The van der Waals surface area contributed by atoms with Crippen molar-refractivity contribution in [3.8, 4) is 5.75 Å². The monoisotopic (exact) mass is 608 g/mol. The van der Waals surface area contributed by atoms with E-state index in [0.29, 0.717) is 55.1 Å². The van der Waals surface area contributed by atoms with E-state index < -0.39 is 0 Å². The molecule has 0 bridgehead atoms. The normalized spacial score (nSPS) is 11.1. The zero-order valence-electron chi connectivity index (χ0n) is 18.9. The quantitative estimate of drug-likeness (QED) is 0.180. The number of hydrogen-bond donors (Lipinski definition) is 2. The van der Waals surface area contributed by atoms with E-state index >= 15 is 0 Å². The maximum atomic E-state index is 6.17. The van der Waals surface area contributed by atoms with E-state index in [9.17, 15) is 0 Å². The van der Waals surface area contributed by atoms with Gasteiger partial charge in [0.05, 0.1) is 36.9 Å². The molecule has 2 aromatic heterocycles. The smallest absolute Gasteiger partial charge is 0.233 e. The average Bonchev–Trinajstić information content (AvgIpc) is 3.25. The summed E-state index contributed by atoms with van der Waals surface area (Å²) in [6.45, 7) is 2.55. The molecular formula is C24H16Cl4N6OS2. The zero-order chi connectivity index (χ0) is 25.9. The summed E-state index contributed by atoms with van der Waals surface area (Å²) in [5, 5.41) is 8.45. The van der Waals surface area contributed by atoms with Gasteiger partial charge in [0.25, 0.3) is 0 Å².